The van der Waals surface area contributed by atoms with Gasteiger partial charge in [-0.2, -0.15) is 0 Å². The molecule has 0 aliphatic carbocycles. The van der Waals surface area contributed by atoms with E-state index in [2.05, 4.69) is 28.5 Å². The fourth-order valence-electron chi connectivity index (χ4n) is 3.25. The lowest BCUT2D eigenvalue weighted by Gasteiger charge is -2.43. The number of carbonyl (C=O) groups excluding carboxylic acids is 1. The lowest BCUT2D eigenvalue weighted by atomic mass is 10.0. The number of rotatable bonds is 4. The van der Waals surface area contributed by atoms with Crippen LogP contribution in [0.5, 0.6) is 0 Å². The zero-order valence-corrected chi connectivity index (χ0v) is 13.8. The first kappa shape index (κ1) is 16.7. The van der Waals surface area contributed by atoms with Crippen molar-refractivity contribution < 1.29 is 4.79 Å². The Hall–Kier alpha value is -0.650. The zero-order valence-electron chi connectivity index (χ0n) is 13.8. The summed E-state index contributed by atoms with van der Waals surface area (Å²) in [4.78, 5) is 19.2. The molecule has 2 fully saturated rings. The highest BCUT2D eigenvalue weighted by atomic mass is 16.2. The van der Waals surface area contributed by atoms with Crippen molar-refractivity contribution >= 4 is 5.91 Å². The summed E-state index contributed by atoms with van der Waals surface area (Å²) in [5, 5.41) is 0. The van der Waals surface area contributed by atoms with Crippen LogP contribution in [0.1, 0.15) is 39.5 Å². The Morgan fingerprint density at radius 3 is 2.05 bits per heavy atom. The van der Waals surface area contributed by atoms with Gasteiger partial charge in [0.2, 0.25) is 5.91 Å². The van der Waals surface area contributed by atoms with E-state index in [0.29, 0.717) is 19.0 Å². The largest absolute Gasteiger partial charge is 0.342 e. The minimum atomic E-state index is 0.0703. The van der Waals surface area contributed by atoms with Gasteiger partial charge in [0.15, 0.2) is 0 Å². The van der Waals surface area contributed by atoms with E-state index in [9.17, 15) is 4.79 Å². The smallest absolute Gasteiger partial charge is 0.236 e. The molecule has 0 unspecified atom stereocenters. The Labute approximate surface area is 129 Å². The van der Waals surface area contributed by atoms with Crippen LogP contribution in [0.4, 0.5) is 0 Å². The van der Waals surface area contributed by atoms with Gasteiger partial charge < -0.3 is 10.6 Å². The van der Waals surface area contributed by atoms with E-state index in [4.69, 9.17) is 5.73 Å². The second-order valence-corrected chi connectivity index (χ2v) is 7.07. The van der Waals surface area contributed by atoms with E-state index in [1.807, 2.05) is 0 Å². The van der Waals surface area contributed by atoms with Crippen molar-refractivity contribution in [2.45, 2.75) is 45.1 Å². The van der Waals surface area contributed by atoms with Crippen molar-refractivity contribution in [1.82, 2.24) is 14.7 Å². The van der Waals surface area contributed by atoms with Crippen LogP contribution in [0.15, 0.2) is 0 Å². The quantitative estimate of drug-likeness (QED) is 0.831. The summed E-state index contributed by atoms with van der Waals surface area (Å²) in [6.07, 6.45) is 4.89. The van der Waals surface area contributed by atoms with Crippen LogP contribution in [0, 0.1) is 0 Å². The molecular weight excluding hydrogens is 264 g/mol. The fraction of sp³-hybridized carbons (Fsp3) is 0.938. The average molecular weight is 296 g/mol. The van der Waals surface area contributed by atoms with Crippen LogP contribution in [0.25, 0.3) is 0 Å². The van der Waals surface area contributed by atoms with E-state index in [0.717, 1.165) is 39.3 Å². The van der Waals surface area contributed by atoms with Gasteiger partial charge in [0.1, 0.15) is 0 Å². The first-order chi connectivity index (χ1) is 10.0. The Morgan fingerprint density at radius 1 is 0.952 bits per heavy atom. The molecule has 21 heavy (non-hydrogen) atoms. The predicted molar refractivity (Wildman–Crippen MR) is 86.2 cm³/mol. The van der Waals surface area contributed by atoms with Gasteiger partial charge in [0.25, 0.3) is 0 Å². The highest BCUT2D eigenvalue weighted by Crippen LogP contribution is 2.16. The molecule has 2 saturated heterocycles. The van der Waals surface area contributed by atoms with Gasteiger partial charge in [0, 0.05) is 51.4 Å². The number of nitrogens with zero attached hydrogens (tertiary/aromatic N) is 3. The standard InChI is InChI=1S/C16H32N4O/c1-16(2,14-17)20-11-9-18(10-12-20)13-15(21)19-7-5-3-4-6-8-19/h3-14,17H2,1-2H3. The molecule has 122 valence electrons. The van der Waals surface area contributed by atoms with Crippen molar-refractivity contribution in [2.24, 2.45) is 5.73 Å². The summed E-state index contributed by atoms with van der Waals surface area (Å²) in [6.45, 7) is 11.6. The highest BCUT2D eigenvalue weighted by Gasteiger charge is 2.29. The number of carbonyl (C=O) groups is 1. The molecule has 0 atom stereocenters. The molecule has 0 aromatic carbocycles. The van der Waals surface area contributed by atoms with Gasteiger partial charge >= 0.3 is 0 Å². The molecule has 0 saturated carbocycles. The lowest BCUT2D eigenvalue weighted by Crippen LogP contribution is -2.58. The van der Waals surface area contributed by atoms with Gasteiger partial charge in [0.05, 0.1) is 6.54 Å². The number of hydrogen-bond acceptors (Lipinski definition) is 4. The molecule has 2 heterocycles. The Kier molecular flexibility index (Phi) is 6.02. The van der Waals surface area contributed by atoms with E-state index in [1.165, 1.54) is 25.7 Å². The summed E-state index contributed by atoms with van der Waals surface area (Å²) >= 11 is 0. The summed E-state index contributed by atoms with van der Waals surface area (Å²) in [5.74, 6) is 0.323. The second kappa shape index (κ2) is 7.56. The van der Waals surface area contributed by atoms with E-state index in [1.54, 1.807) is 0 Å². The maximum Gasteiger partial charge on any atom is 0.236 e. The summed E-state index contributed by atoms with van der Waals surface area (Å²) < 4.78 is 0. The van der Waals surface area contributed by atoms with E-state index in [-0.39, 0.29) is 5.54 Å². The maximum absolute atomic E-state index is 12.4. The predicted octanol–water partition coefficient (Wildman–Crippen LogP) is 0.744. The normalized spacial score (nSPS) is 23.1. The third-order valence-corrected chi connectivity index (χ3v) is 5.05. The van der Waals surface area contributed by atoms with Gasteiger partial charge in [-0.3, -0.25) is 14.6 Å². The van der Waals surface area contributed by atoms with Gasteiger partial charge in [-0.05, 0) is 26.7 Å². The summed E-state index contributed by atoms with van der Waals surface area (Å²) in [5.41, 5.74) is 5.92. The summed E-state index contributed by atoms with van der Waals surface area (Å²) in [7, 11) is 0. The van der Waals surface area contributed by atoms with Gasteiger partial charge in [-0.25, -0.2) is 0 Å². The van der Waals surface area contributed by atoms with Crippen molar-refractivity contribution in [3.63, 3.8) is 0 Å². The molecule has 5 nitrogen and oxygen atoms in total. The molecule has 5 heteroatoms. The first-order valence-electron chi connectivity index (χ1n) is 8.48. The number of nitrogens with two attached hydrogens (primary N) is 1. The monoisotopic (exact) mass is 296 g/mol. The second-order valence-electron chi connectivity index (χ2n) is 7.07. The van der Waals surface area contributed by atoms with Gasteiger partial charge in [-0.15, -0.1) is 0 Å². The van der Waals surface area contributed by atoms with Crippen LogP contribution in [0.2, 0.25) is 0 Å². The SMILES string of the molecule is CC(C)(CN)N1CCN(CC(=O)N2CCCCCC2)CC1. The maximum atomic E-state index is 12.4. The van der Waals surface area contributed by atoms with Crippen molar-refractivity contribution in [3.8, 4) is 0 Å². The first-order valence-corrected chi connectivity index (χ1v) is 8.48. The molecule has 1 amide bonds. The van der Waals surface area contributed by atoms with E-state index < -0.39 is 0 Å². The number of amides is 1. The Morgan fingerprint density at radius 2 is 1.52 bits per heavy atom. The van der Waals surface area contributed by atoms with Crippen LogP contribution >= 0.6 is 0 Å². The molecule has 0 spiro atoms. The highest BCUT2D eigenvalue weighted by molar-refractivity contribution is 5.78. The minimum Gasteiger partial charge on any atom is -0.342 e. The van der Waals surface area contributed by atoms with E-state index >= 15 is 0 Å². The molecule has 0 bridgehead atoms. The molecule has 0 radical (unpaired) electrons. The Balaban J connectivity index is 1.76. The lowest BCUT2D eigenvalue weighted by molar-refractivity contribution is -0.133. The molecular formula is C16H32N4O. The van der Waals surface area contributed by atoms with Crippen LogP contribution in [-0.4, -0.2) is 78.5 Å². The summed E-state index contributed by atoms with van der Waals surface area (Å²) in [6, 6.07) is 0. The number of piperazine rings is 1. The molecule has 2 aliphatic heterocycles. The molecule has 2 aliphatic rings. The zero-order chi connectivity index (χ0) is 15.3. The Bertz CT molecular complexity index is 329. The third-order valence-electron chi connectivity index (χ3n) is 5.05. The van der Waals surface area contributed by atoms with Crippen LogP contribution in [0.3, 0.4) is 0 Å². The molecule has 0 aromatic heterocycles. The van der Waals surface area contributed by atoms with Crippen molar-refractivity contribution in [2.75, 3.05) is 52.4 Å². The number of likely N-dealkylation sites (tertiary alicyclic amines) is 1. The van der Waals surface area contributed by atoms with Gasteiger partial charge in [-0.1, -0.05) is 12.8 Å². The molecule has 0 aromatic rings. The number of hydrogen-bond donors (Lipinski definition) is 1. The van der Waals surface area contributed by atoms with Crippen LogP contribution in [-0.2, 0) is 4.79 Å². The minimum absolute atomic E-state index is 0.0703. The van der Waals surface area contributed by atoms with Crippen molar-refractivity contribution in [1.29, 1.82) is 0 Å². The average Bonchev–Trinajstić information content (AvgIpc) is 2.77. The van der Waals surface area contributed by atoms with Crippen LogP contribution < -0.4 is 5.73 Å². The molecule has 2 N–H and O–H groups in total. The van der Waals surface area contributed by atoms with Crippen molar-refractivity contribution in [3.05, 3.63) is 0 Å². The molecule has 2 rings (SSSR count). The fourth-order valence-corrected chi connectivity index (χ4v) is 3.25. The topological polar surface area (TPSA) is 52.8 Å². The third kappa shape index (κ3) is 4.66.